The molecule has 1 aliphatic rings. The van der Waals surface area contributed by atoms with Crippen LogP contribution in [0.5, 0.6) is 0 Å². The first-order valence-corrected chi connectivity index (χ1v) is 9.11. The predicted molar refractivity (Wildman–Crippen MR) is 103 cm³/mol. The fraction of sp³-hybridized carbons (Fsp3) is 0.286. The Bertz CT molecular complexity index is 878. The van der Waals surface area contributed by atoms with Gasteiger partial charge >= 0.3 is 5.97 Å². The van der Waals surface area contributed by atoms with Crippen LogP contribution in [-0.4, -0.2) is 30.3 Å². The number of ether oxygens (including phenoxy) is 1. The number of Topliss-reactive ketones (excluding diaryl/α,β-unsaturated/α-hetero) is 1. The number of hydrogen-bond donors (Lipinski definition) is 0. The summed E-state index contributed by atoms with van der Waals surface area (Å²) < 4.78 is 5.34. The number of nitrogens with zero attached hydrogens (tertiary/aromatic N) is 1. The molecular weight excluding hydrogens is 366 g/mol. The van der Waals surface area contributed by atoms with Gasteiger partial charge in [-0.1, -0.05) is 29.8 Å². The maximum Gasteiger partial charge on any atom is 0.312 e. The average molecular weight is 386 g/mol. The summed E-state index contributed by atoms with van der Waals surface area (Å²) in [4.78, 5) is 38.8. The molecule has 2 aromatic carbocycles. The molecule has 0 N–H and O–H groups in total. The van der Waals surface area contributed by atoms with E-state index in [-0.39, 0.29) is 24.7 Å². The number of para-hydroxylation sites is 1. The Kier molecular flexibility index (Phi) is 5.61. The molecule has 0 aliphatic carbocycles. The van der Waals surface area contributed by atoms with Gasteiger partial charge in [0, 0.05) is 29.2 Å². The van der Waals surface area contributed by atoms with Crippen LogP contribution < -0.4 is 4.90 Å². The van der Waals surface area contributed by atoms with Crippen LogP contribution in [0.2, 0.25) is 5.02 Å². The molecule has 0 saturated carbocycles. The van der Waals surface area contributed by atoms with Gasteiger partial charge in [0.25, 0.3) is 0 Å². The number of amides is 1. The number of carbonyl (C=O) groups excluding carboxylic acids is 3. The van der Waals surface area contributed by atoms with Gasteiger partial charge in [-0.2, -0.15) is 0 Å². The van der Waals surface area contributed by atoms with Gasteiger partial charge in [-0.25, -0.2) is 0 Å². The van der Waals surface area contributed by atoms with Gasteiger partial charge in [-0.15, -0.1) is 0 Å². The normalized spacial score (nSPS) is 17.7. The lowest BCUT2D eigenvalue weighted by atomic mass is 10.1. The Morgan fingerprint density at radius 3 is 2.48 bits per heavy atom. The minimum absolute atomic E-state index is 0.0784. The van der Waals surface area contributed by atoms with Crippen molar-refractivity contribution >= 4 is 34.9 Å². The van der Waals surface area contributed by atoms with Gasteiger partial charge in [0.15, 0.2) is 6.10 Å². The third-order valence-corrected chi connectivity index (χ3v) is 4.91. The second-order valence-electron chi connectivity index (χ2n) is 6.64. The SMILES string of the molecule is Cc1ccccc1N1C[C@@H](C(=O)O[C@H](C)C(=O)c2ccc(Cl)cc2)CC1=O. The van der Waals surface area contributed by atoms with E-state index in [4.69, 9.17) is 16.3 Å². The zero-order valence-electron chi connectivity index (χ0n) is 15.1. The van der Waals surface area contributed by atoms with Gasteiger partial charge in [-0.3, -0.25) is 14.4 Å². The summed E-state index contributed by atoms with van der Waals surface area (Å²) >= 11 is 5.82. The third kappa shape index (κ3) is 4.19. The van der Waals surface area contributed by atoms with Gasteiger partial charge in [0.2, 0.25) is 11.7 Å². The summed E-state index contributed by atoms with van der Waals surface area (Å²) in [7, 11) is 0. The van der Waals surface area contributed by atoms with Crippen molar-refractivity contribution in [3.8, 4) is 0 Å². The van der Waals surface area contributed by atoms with Crippen LogP contribution in [0, 0.1) is 12.8 Å². The number of anilines is 1. The van der Waals surface area contributed by atoms with Gasteiger partial charge < -0.3 is 9.64 Å². The maximum absolute atomic E-state index is 12.5. The first-order chi connectivity index (χ1) is 12.9. The van der Waals surface area contributed by atoms with Gasteiger partial charge in [-0.05, 0) is 49.7 Å². The van der Waals surface area contributed by atoms with Crippen LogP contribution in [0.4, 0.5) is 5.69 Å². The third-order valence-electron chi connectivity index (χ3n) is 4.66. The standard InChI is InChI=1S/C21H20ClNO4/c1-13-5-3-4-6-18(13)23-12-16(11-19(23)24)21(26)27-14(2)20(25)15-7-9-17(22)10-8-15/h3-10,14,16H,11-12H2,1-2H3/t14-,16+/m1/s1. The minimum Gasteiger partial charge on any atom is -0.454 e. The highest BCUT2D eigenvalue weighted by atomic mass is 35.5. The highest BCUT2D eigenvalue weighted by molar-refractivity contribution is 6.30. The molecule has 0 unspecified atom stereocenters. The van der Waals surface area contributed by atoms with Crippen molar-refractivity contribution < 1.29 is 19.1 Å². The number of hydrogen-bond acceptors (Lipinski definition) is 4. The number of aryl methyl sites for hydroxylation is 1. The summed E-state index contributed by atoms with van der Waals surface area (Å²) in [6, 6.07) is 13.9. The van der Waals surface area contributed by atoms with Crippen LogP contribution in [0.3, 0.4) is 0 Å². The molecule has 140 valence electrons. The van der Waals surface area contributed by atoms with E-state index < -0.39 is 18.0 Å². The molecule has 2 atom stereocenters. The van der Waals surface area contributed by atoms with Crippen molar-refractivity contribution in [2.75, 3.05) is 11.4 Å². The predicted octanol–water partition coefficient (Wildman–Crippen LogP) is 3.82. The number of halogens is 1. The van der Waals surface area contributed by atoms with Crippen LogP contribution in [0.1, 0.15) is 29.3 Å². The van der Waals surface area contributed by atoms with E-state index in [0.717, 1.165) is 11.3 Å². The van der Waals surface area contributed by atoms with E-state index in [1.165, 1.54) is 6.92 Å². The Labute approximate surface area is 162 Å². The van der Waals surface area contributed by atoms with E-state index >= 15 is 0 Å². The first kappa shape index (κ1) is 19.1. The lowest BCUT2D eigenvalue weighted by Gasteiger charge is -2.19. The smallest absolute Gasteiger partial charge is 0.312 e. The molecule has 2 aromatic rings. The molecule has 0 spiro atoms. The molecule has 1 aliphatic heterocycles. The van der Waals surface area contributed by atoms with E-state index in [9.17, 15) is 14.4 Å². The number of esters is 1. The largest absolute Gasteiger partial charge is 0.454 e. The minimum atomic E-state index is -0.929. The quantitative estimate of drug-likeness (QED) is 0.579. The Morgan fingerprint density at radius 2 is 1.81 bits per heavy atom. The lowest BCUT2D eigenvalue weighted by Crippen LogP contribution is -2.30. The highest BCUT2D eigenvalue weighted by Crippen LogP contribution is 2.28. The Hall–Kier alpha value is -2.66. The van der Waals surface area contributed by atoms with E-state index in [1.807, 2.05) is 31.2 Å². The zero-order valence-corrected chi connectivity index (χ0v) is 15.9. The van der Waals surface area contributed by atoms with Gasteiger partial charge in [0.05, 0.1) is 5.92 Å². The summed E-state index contributed by atoms with van der Waals surface area (Å²) in [5.41, 5.74) is 2.18. The highest BCUT2D eigenvalue weighted by Gasteiger charge is 2.37. The van der Waals surface area contributed by atoms with Crippen molar-refractivity contribution in [1.29, 1.82) is 0 Å². The molecule has 27 heavy (non-hydrogen) atoms. The number of carbonyl (C=O) groups is 3. The van der Waals surface area contributed by atoms with Crippen LogP contribution in [0.25, 0.3) is 0 Å². The second-order valence-corrected chi connectivity index (χ2v) is 7.08. The molecule has 1 heterocycles. The summed E-state index contributed by atoms with van der Waals surface area (Å²) in [6.07, 6.45) is -0.851. The fourth-order valence-electron chi connectivity index (χ4n) is 3.14. The summed E-state index contributed by atoms with van der Waals surface area (Å²) in [5, 5.41) is 0.525. The fourth-order valence-corrected chi connectivity index (χ4v) is 3.26. The molecule has 1 saturated heterocycles. The molecular formula is C21H20ClNO4. The van der Waals surface area contributed by atoms with Crippen LogP contribution in [-0.2, 0) is 14.3 Å². The van der Waals surface area contributed by atoms with E-state index in [2.05, 4.69) is 0 Å². The molecule has 0 bridgehead atoms. The van der Waals surface area contributed by atoms with Crippen molar-refractivity contribution in [2.45, 2.75) is 26.4 Å². The maximum atomic E-state index is 12.5. The van der Waals surface area contributed by atoms with Crippen LogP contribution in [0.15, 0.2) is 48.5 Å². The van der Waals surface area contributed by atoms with Crippen molar-refractivity contribution in [1.82, 2.24) is 0 Å². The van der Waals surface area contributed by atoms with Gasteiger partial charge in [0.1, 0.15) is 0 Å². The van der Waals surface area contributed by atoms with Crippen molar-refractivity contribution in [3.05, 3.63) is 64.7 Å². The summed E-state index contributed by atoms with van der Waals surface area (Å²) in [6.45, 7) is 3.70. The molecule has 3 rings (SSSR count). The number of rotatable bonds is 5. The van der Waals surface area contributed by atoms with E-state index in [0.29, 0.717) is 10.6 Å². The van der Waals surface area contributed by atoms with Crippen LogP contribution >= 0.6 is 11.6 Å². The van der Waals surface area contributed by atoms with Crippen molar-refractivity contribution in [3.63, 3.8) is 0 Å². The second kappa shape index (κ2) is 7.92. The molecule has 0 aromatic heterocycles. The molecule has 1 amide bonds. The number of ketones is 1. The average Bonchev–Trinajstić information content (AvgIpc) is 3.04. The summed E-state index contributed by atoms with van der Waals surface area (Å²) in [5.74, 6) is -1.55. The molecule has 0 radical (unpaired) electrons. The lowest BCUT2D eigenvalue weighted by molar-refractivity contribution is -0.151. The Morgan fingerprint density at radius 1 is 1.15 bits per heavy atom. The molecule has 6 heteroatoms. The molecule has 1 fully saturated rings. The monoisotopic (exact) mass is 385 g/mol. The zero-order chi connectivity index (χ0) is 19.6. The number of benzene rings is 2. The Balaban J connectivity index is 1.64. The molecule has 5 nitrogen and oxygen atoms in total. The van der Waals surface area contributed by atoms with E-state index in [1.54, 1.807) is 29.2 Å². The first-order valence-electron chi connectivity index (χ1n) is 8.73. The van der Waals surface area contributed by atoms with Crippen molar-refractivity contribution in [2.24, 2.45) is 5.92 Å². The topological polar surface area (TPSA) is 63.7 Å².